The van der Waals surface area contributed by atoms with Crippen LogP contribution in [0.5, 0.6) is 0 Å². The Bertz CT molecular complexity index is 317. The van der Waals surface area contributed by atoms with E-state index in [2.05, 4.69) is 17.1 Å². The van der Waals surface area contributed by atoms with Gasteiger partial charge in [0, 0.05) is 12.1 Å². The molecule has 4 nitrogen and oxygen atoms in total. The lowest BCUT2D eigenvalue weighted by Crippen LogP contribution is -2.51. The van der Waals surface area contributed by atoms with Crippen LogP contribution in [0.1, 0.15) is 58.8 Å². The van der Waals surface area contributed by atoms with Crippen LogP contribution in [0, 0.1) is 0 Å². The molecule has 0 radical (unpaired) electrons. The maximum atomic E-state index is 11.5. The predicted octanol–water partition coefficient (Wildman–Crippen LogP) is 2.24. The van der Waals surface area contributed by atoms with Gasteiger partial charge in [-0.1, -0.05) is 6.42 Å². The van der Waals surface area contributed by atoms with Crippen molar-refractivity contribution < 1.29 is 9.90 Å². The van der Waals surface area contributed by atoms with Gasteiger partial charge >= 0.3 is 5.97 Å². The van der Waals surface area contributed by atoms with Crippen molar-refractivity contribution in [1.29, 1.82) is 0 Å². The number of carboxylic acids is 1. The molecule has 4 heteroatoms. The molecule has 0 aromatic rings. The Morgan fingerprint density at radius 3 is 2.68 bits per heavy atom. The van der Waals surface area contributed by atoms with Crippen LogP contribution in [0.15, 0.2) is 0 Å². The van der Waals surface area contributed by atoms with Crippen LogP contribution in [0.2, 0.25) is 0 Å². The third kappa shape index (κ3) is 4.18. The van der Waals surface area contributed by atoms with E-state index in [1.807, 2.05) is 6.92 Å². The van der Waals surface area contributed by atoms with E-state index < -0.39 is 11.5 Å². The third-order valence-corrected chi connectivity index (χ3v) is 4.63. The van der Waals surface area contributed by atoms with Gasteiger partial charge in [0.1, 0.15) is 5.54 Å². The zero-order chi connectivity index (χ0) is 13.9. The van der Waals surface area contributed by atoms with Crippen molar-refractivity contribution in [2.45, 2.75) is 76.4 Å². The highest BCUT2D eigenvalue weighted by Crippen LogP contribution is 2.25. The summed E-state index contributed by atoms with van der Waals surface area (Å²) in [5.74, 6) is -0.703. The number of likely N-dealkylation sites (tertiary alicyclic amines) is 1. The second-order valence-electron chi connectivity index (χ2n) is 6.54. The van der Waals surface area contributed by atoms with Crippen LogP contribution >= 0.6 is 0 Å². The van der Waals surface area contributed by atoms with Gasteiger partial charge in [0.15, 0.2) is 0 Å². The van der Waals surface area contributed by atoms with E-state index in [1.54, 1.807) is 0 Å². The van der Waals surface area contributed by atoms with Gasteiger partial charge in [-0.25, -0.2) is 0 Å². The average molecular weight is 268 g/mol. The molecule has 2 unspecified atom stereocenters. The van der Waals surface area contributed by atoms with E-state index in [-0.39, 0.29) is 0 Å². The molecular formula is C15H28N2O2. The second kappa shape index (κ2) is 6.23. The van der Waals surface area contributed by atoms with Gasteiger partial charge in [0.2, 0.25) is 0 Å². The molecule has 2 N–H and O–H groups in total. The molecule has 19 heavy (non-hydrogen) atoms. The number of piperidine rings is 1. The van der Waals surface area contributed by atoms with Crippen LogP contribution in [0.4, 0.5) is 0 Å². The highest BCUT2D eigenvalue weighted by Gasteiger charge is 2.38. The molecule has 2 aliphatic rings. The first-order valence-corrected chi connectivity index (χ1v) is 7.76. The molecule has 0 bridgehead atoms. The Balaban J connectivity index is 1.76. The summed E-state index contributed by atoms with van der Waals surface area (Å²) in [5.41, 5.74) is -0.736. The lowest BCUT2D eigenvalue weighted by atomic mass is 9.94. The molecule has 1 saturated heterocycles. The van der Waals surface area contributed by atoms with E-state index in [0.717, 1.165) is 32.2 Å². The summed E-state index contributed by atoms with van der Waals surface area (Å²) in [6.07, 6.45) is 7.87. The molecule has 110 valence electrons. The minimum Gasteiger partial charge on any atom is -0.480 e. The summed E-state index contributed by atoms with van der Waals surface area (Å²) in [7, 11) is 0. The lowest BCUT2D eigenvalue weighted by Gasteiger charge is -2.34. The van der Waals surface area contributed by atoms with Crippen molar-refractivity contribution >= 4 is 5.97 Å². The van der Waals surface area contributed by atoms with Gasteiger partial charge < -0.3 is 10.0 Å². The highest BCUT2D eigenvalue weighted by molar-refractivity contribution is 5.78. The summed E-state index contributed by atoms with van der Waals surface area (Å²) < 4.78 is 0. The summed E-state index contributed by atoms with van der Waals surface area (Å²) in [5, 5.41) is 12.7. The first-order chi connectivity index (χ1) is 9.01. The summed E-state index contributed by atoms with van der Waals surface area (Å²) in [4.78, 5) is 14.0. The fourth-order valence-electron chi connectivity index (χ4n) is 3.04. The summed E-state index contributed by atoms with van der Waals surface area (Å²) in [6, 6.07) is 1.11. The Kier molecular flexibility index (Phi) is 4.85. The molecule has 1 aliphatic heterocycles. The molecule has 2 rings (SSSR count). The number of rotatable bonds is 7. The fraction of sp³-hybridized carbons (Fsp3) is 0.933. The van der Waals surface area contributed by atoms with Gasteiger partial charge in [-0.15, -0.1) is 0 Å². The van der Waals surface area contributed by atoms with Crippen LogP contribution in [0.25, 0.3) is 0 Å². The smallest absolute Gasteiger partial charge is 0.323 e. The van der Waals surface area contributed by atoms with Crippen LogP contribution in [-0.4, -0.2) is 46.7 Å². The molecular weight excluding hydrogens is 240 g/mol. The van der Waals surface area contributed by atoms with E-state index in [4.69, 9.17) is 0 Å². The van der Waals surface area contributed by atoms with Gasteiger partial charge in [-0.05, 0) is 65.5 Å². The molecule has 1 saturated carbocycles. The molecule has 1 heterocycles. The van der Waals surface area contributed by atoms with Gasteiger partial charge in [-0.3, -0.25) is 10.1 Å². The Labute approximate surface area is 116 Å². The first kappa shape index (κ1) is 14.8. The number of hydrogen-bond acceptors (Lipinski definition) is 3. The molecule has 1 aliphatic carbocycles. The van der Waals surface area contributed by atoms with Crippen LogP contribution in [0.3, 0.4) is 0 Å². The molecule has 0 spiro atoms. The average Bonchev–Trinajstić information content (AvgIpc) is 3.15. The number of nitrogens with one attached hydrogen (secondary N) is 1. The van der Waals surface area contributed by atoms with Gasteiger partial charge in [-0.2, -0.15) is 0 Å². The topological polar surface area (TPSA) is 52.6 Å². The maximum Gasteiger partial charge on any atom is 0.323 e. The third-order valence-electron chi connectivity index (χ3n) is 4.63. The number of nitrogens with zero attached hydrogens (tertiary/aromatic N) is 1. The van der Waals surface area contributed by atoms with E-state index >= 15 is 0 Å². The molecule has 0 amide bonds. The van der Waals surface area contributed by atoms with Crippen molar-refractivity contribution in [2.75, 3.05) is 13.1 Å². The Morgan fingerprint density at radius 2 is 2.11 bits per heavy atom. The van der Waals surface area contributed by atoms with Crippen molar-refractivity contribution in [3.05, 3.63) is 0 Å². The molecule has 2 fully saturated rings. The monoisotopic (exact) mass is 268 g/mol. The molecule has 0 aromatic carbocycles. The predicted molar refractivity (Wildman–Crippen MR) is 76.3 cm³/mol. The standard InChI is InChI=1S/C15H28N2O2/c1-12-6-3-4-10-17(12)11-5-9-15(2,14(18)19)16-13-7-8-13/h12-13,16H,3-11H2,1-2H3,(H,18,19). The van der Waals surface area contributed by atoms with Crippen molar-refractivity contribution in [1.82, 2.24) is 10.2 Å². The fourth-order valence-corrected chi connectivity index (χ4v) is 3.04. The van der Waals surface area contributed by atoms with Gasteiger partial charge in [0.25, 0.3) is 0 Å². The maximum absolute atomic E-state index is 11.5. The van der Waals surface area contributed by atoms with Crippen molar-refractivity contribution in [2.24, 2.45) is 0 Å². The summed E-state index contributed by atoms with van der Waals surface area (Å²) >= 11 is 0. The molecule has 2 atom stereocenters. The van der Waals surface area contributed by atoms with E-state index in [0.29, 0.717) is 12.1 Å². The molecule has 0 aromatic heterocycles. The van der Waals surface area contributed by atoms with Crippen LogP contribution in [-0.2, 0) is 4.79 Å². The van der Waals surface area contributed by atoms with Gasteiger partial charge in [0.05, 0.1) is 0 Å². The minimum atomic E-state index is -0.736. The number of carboxylic acid groups (broad SMARTS) is 1. The quantitative estimate of drug-likeness (QED) is 0.743. The van der Waals surface area contributed by atoms with E-state index in [1.165, 1.54) is 25.8 Å². The normalized spacial score (nSPS) is 28.0. The zero-order valence-corrected chi connectivity index (χ0v) is 12.3. The summed E-state index contributed by atoms with van der Waals surface area (Å²) in [6.45, 7) is 6.35. The largest absolute Gasteiger partial charge is 0.480 e. The van der Waals surface area contributed by atoms with Crippen LogP contribution < -0.4 is 5.32 Å². The lowest BCUT2D eigenvalue weighted by molar-refractivity contribution is -0.144. The first-order valence-electron chi connectivity index (χ1n) is 7.76. The van der Waals surface area contributed by atoms with E-state index in [9.17, 15) is 9.90 Å². The van der Waals surface area contributed by atoms with Crippen molar-refractivity contribution in [3.8, 4) is 0 Å². The minimum absolute atomic E-state index is 0.440. The number of aliphatic carboxylic acids is 1. The van der Waals surface area contributed by atoms with Crippen molar-refractivity contribution in [3.63, 3.8) is 0 Å². The number of carbonyl (C=O) groups is 1. The Hall–Kier alpha value is -0.610. The number of hydrogen-bond donors (Lipinski definition) is 2. The SMILES string of the molecule is CC1CCCCN1CCCC(C)(NC1CC1)C(=O)O. The Morgan fingerprint density at radius 1 is 1.37 bits per heavy atom. The second-order valence-corrected chi connectivity index (χ2v) is 6.54. The zero-order valence-electron chi connectivity index (χ0n) is 12.3. The highest BCUT2D eigenvalue weighted by atomic mass is 16.4.